The average molecular weight is 2660 g/mol. The Morgan fingerprint density at radius 1 is 0.338 bits per heavy atom. The molecule has 0 unspecified atom stereocenters. The fourth-order valence-corrected chi connectivity index (χ4v) is 16.1. The van der Waals surface area contributed by atoms with Crippen molar-refractivity contribution < 1.29 is 141 Å². The summed E-state index contributed by atoms with van der Waals surface area (Å²) >= 11 is 1.73. The number of phenols is 2. The third kappa shape index (κ3) is 27.4. The van der Waals surface area contributed by atoms with Crippen LogP contribution in [0, 0.1) is 24.3 Å². The van der Waals surface area contributed by atoms with Gasteiger partial charge in [-0.2, -0.15) is 0 Å². The van der Waals surface area contributed by atoms with Crippen LogP contribution in [-0.2, 0) is 127 Å². The number of aromatic hydroxyl groups is 2. The van der Waals surface area contributed by atoms with Gasteiger partial charge in [-0.3, -0.25) is 24.4 Å². The van der Waals surface area contributed by atoms with Crippen LogP contribution < -0.4 is 0 Å². The van der Waals surface area contributed by atoms with Crippen LogP contribution in [0.15, 0.2) is 375 Å². The number of carbonyl (C=O) groups excluding carboxylic acids is 3. The van der Waals surface area contributed by atoms with Crippen molar-refractivity contribution in [3.05, 3.63) is 422 Å². The number of thiophene rings is 1. The first-order valence-corrected chi connectivity index (χ1v) is 42.4. The standard InChI is InChI=1S/2C24H18N.C22H16N2O2.C15H10N.C13H8NS.3C5H8O2.4Ir.Pt/c1-24(2)20-9-5-4-8-18(20)19-13-11-17(15-21(19)24)23-14-12-16-7-3-6-10-22(16)25-23;1-24(2)21-10-6-5-9-19(21)20-12-11-17(15-22(20)24)23-18-8-4-3-7-16(18)13-14-25-23;25-21-13-3-1-7-15(21)17-9-5-11-19(23-17)20-12-6-10-18(24-20)16-8-2-4-14-22(16)26;1-2-6-12(7-3-1)15-11-10-13-8-4-5-9-14(13)16-15;1-2-7-12-10(5-1)9-13(15-12)11-6-3-4-8-14-11;3*1-4(6)3-5(2)7;;;;;/h2*3-10,12-15H,1-2H3;1-14,25-26H;1-6,8-11H;1-8H;3*3,6H,1-2H3;;;;;/q2*-1;;2*-1;;;;;;;;. The number of ketones is 3. The topological polar surface area (TPSA) is 230 Å². The molecule has 0 atom stereocenters. The molecule has 11 aromatic carbocycles. The molecule has 0 fully saturated rings. The fourth-order valence-electron chi connectivity index (χ4n) is 15.1. The van der Waals surface area contributed by atoms with Crippen molar-refractivity contribution in [2.24, 2.45) is 0 Å². The molecular formula is C113H94Ir4N6O8PtS-4. The molecule has 7 aromatic heterocycles. The largest absolute Gasteiger partial charge is 0.512 e. The molecule has 0 spiro atoms. The molecule has 0 saturated heterocycles. The number of phenolic OH excluding ortho intramolecular Hbond substituents is 2. The number of fused-ring (bicyclic) bond motifs is 10. The van der Waals surface area contributed by atoms with Crippen LogP contribution in [0.5, 0.6) is 11.5 Å². The number of nitrogens with zero attached hydrogens (tertiary/aromatic N) is 6. The van der Waals surface area contributed by atoms with E-state index in [1.54, 1.807) is 35.6 Å². The second-order valence-corrected chi connectivity index (χ2v) is 32.5. The van der Waals surface area contributed by atoms with Gasteiger partial charge >= 0.3 is 0 Å². The smallest absolute Gasteiger partial charge is 0.155 e. The Bertz CT molecular complexity index is 6940. The van der Waals surface area contributed by atoms with Gasteiger partial charge in [0.15, 0.2) is 17.3 Å². The maximum absolute atomic E-state index is 10.1. The Labute approximate surface area is 848 Å². The number of hydrogen-bond donors (Lipinski definition) is 5. The Kier molecular flexibility index (Phi) is 39.7. The molecule has 5 N–H and O–H groups in total. The van der Waals surface area contributed by atoms with Gasteiger partial charge in [0.05, 0.1) is 51.1 Å². The summed E-state index contributed by atoms with van der Waals surface area (Å²) in [4.78, 5) is 58.9. The van der Waals surface area contributed by atoms with Crippen molar-refractivity contribution in [1.29, 1.82) is 0 Å². The number of allylic oxidation sites excluding steroid dienone is 6. The van der Waals surface area contributed by atoms with Gasteiger partial charge in [0.25, 0.3) is 0 Å². The van der Waals surface area contributed by atoms with E-state index in [4.69, 9.17) is 20.3 Å². The van der Waals surface area contributed by atoms with Crippen molar-refractivity contribution in [3.8, 4) is 112 Å². The Balaban J connectivity index is 0.000000194. The van der Waals surface area contributed by atoms with Crippen LogP contribution in [0.1, 0.15) is 91.5 Å². The molecule has 133 heavy (non-hydrogen) atoms. The maximum Gasteiger partial charge on any atom is 0.155 e. The summed E-state index contributed by atoms with van der Waals surface area (Å²) in [6.07, 6.45) is 7.20. The van der Waals surface area contributed by atoms with E-state index < -0.39 is 0 Å². The summed E-state index contributed by atoms with van der Waals surface area (Å²) in [5.74, 6) is 0.189. The van der Waals surface area contributed by atoms with E-state index in [1.165, 1.54) is 136 Å². The van der Waals surface area contributed by atoms with Crippen LogP contribution in [-0.4, -0.2) is 72.8 Å². The summed E-state index contributed by atoms with van der Waals surface area (Å²) in [5.41, 5.74) is 24.0. The Hall–Kier alpha value is -12.4. The fraction of sp³-hybridized carbons (Fsp3) is 0.106. The van der Waals surface area contributed by atoms with Crippen LogP contribution in [0.4, 0.5) is 0 Å². The number of hydrogen-bond acceptors (Lipinski definition) is 15. The number of aliphatic hydroxyl groups is 3. The third-order valence-corrected chi connectivity index (χ3v) is 22.1. The van der Waals surface area contributed by atoms with Crippen LogP contribution in [0.25, 0.3) is 143 Å². The zero-order valence-electron chi connectivity index (χ0n) is 74.3. The first kappa shape index (κ1) is 106. The first-order valence-electron chi connectivity index (χ1n) is 41.6. The van der Waals surface area contributed by atoms with E-state index in [0.717, 1.165) is 55.4 Å². The van der Waals surface area contributed by atoms with Gasteiger partial charge in [-0.25, -0.2) is 21.3 Å². The molecule has 7 heterocycles. The van der Waals surface area contributed by atoms with Crippen molar-refractivity contribution in [3.63, 3.8) is 0 Å². The third-order valence-electron chi connectivity index (χ3n) is 21.0. The van der Waals surface area contributed by atoms with E-state index in [-0.39, 0.29) is 158 Å². The molecule has 0 amide bonds. The number of pyridine rings is 6. The molecule has 680 valence electrons. The average Bonchev–Trinajstić information content (AvgIpc) is 1.58. The van der Waals surface area contributed by atoms with Crippen LogP contribution in [0.3, 0.4) is 0 Å². The van der Waals surface area contributed by atoms with Crippen LogP contribution in [0.2, 0.25) is 0 Å². The molecule has 20 rings (SSSR count). The number of aliphatic hydroxyl groups excluding tert-OH is 3. The molecule has 14 nitrogen and oxygen atoms in total. The minimum atomic E-state index is -0.125. The van der Waals surface area contributed by atoms with Gasteiger partial charge < -0.3 is 35.5 Å². The van der Waals surface area contributed by atoms with E-state index in [9.17, 15) is 24.6 Å². The molecule has 0 aliphatic heterocycles. The van der Waals surface area contributed by atoms with Gasteiger partial charge in [0.1, 0.15) is 11.5 Å². The van der Waals surface area contributed by atoms with E-state index in [1.807, 2.05) is 158 Å². The summed E-state index contributed by atoms with van der Waals surface area (Å²) in [5, 5.41) is 51.1. The van der Waals surface area contributed by atoms with Gasteiger partial charge in [-0.1, -0.05) is 244 Å². The monoisotopic (exact) mass is 2660 g/mol. The summed E-state index contributed by atoms with van der Waals surface area (Å²) in [6, 6.07) is 123. The second-order valence-electron chi connectivity index (χ2n) is 31.4. The Morgan fingerprint density at radius 3 is 1.22 bits per heavy atom. The van der Waals surface area contributed by atoms with Crippen molar-refractivity contribution in [1.82, 2.24) is 29.9 Å². The minimum Gasteiger partial charge on any atom is -0.512 e. The van der Waals surface area contributed by atoms with Crippen molar-refractivity contribution in [2.45, 2.75) is 80.1 Å². The Morgan fingerprint density at radius 2 is 0.752 bits per heavy atom. The number of rotatable bonds is 10. The first-order chi connectivity index (χ1) is 61.8. The molecule has 0 saturated carbocycles. The van der Waals surface area contributed by atoms with Crippen molar-refractivity contribution in [2.75, 3.05) is 0 Å². The minimum absolute atomic E-state index is 0. The molecular weight excluding hydrogens is 2570 g/mol. The summed E-state index contributed by atoms with van der Waals surface area (Å²) in [7, 11) is 0. The molecule has 4 radical (unpaired) electrons. The zero-order valence-corrected chi connectivity index (χ0v) is 86.9. The number of benzene rings is 11. The maximum atomic E-state index is 10.1. The molecule has 20 heteroatoms. The molecule has 0 bridgehead atoms. The summed E-state index contributed by atoms with van der Waals surface area (Å²) < 4.78 is 1.26. The molecule has 2 aliphatic carbocycles. The number of aromatic nitrogens is 6. The predicted molar refractivity (Wildman–Crippen MR) is 520 cm³/mol. The number of para-hydroxylation sites is 4. The van der Waals surface area contributed by atoms with E-state index in [0.29, 0.717) is 33.9 Å². The van der Waals surface area contributed by atoms with Gasteiger partial charge in [-0.05, 0) is 184 Å². The SMILES string of the molecule is CC(=O)C=C(C)O.CC(=O)C=C(C)O.CC(=O)C=C(C)O.CC1(C)c2ccccc2-c2c[c-]c(-c3ccc4ccccc4n3)cc21.CC1(C)c2ccccc2-c2c[c-]c(-c3nccc4ccccc34)cc21.Oc1ccccc1-c1cccc(-c2cccc(-c3ccccc3O)n2)n1.[Ir].[Ir].[Ir].[Ir].[Pt].[c-]1c(-c2ccccn2)sc2ccccc12.[c-]1ccccc1-c1ccc2ccccc2n1. The van der Waals surface area contributed by atoms with E-state index in [2.05, 4.69) is 235 Å². The zero-order chi connectivity index (χ0) is 90.4. The van der Waals surface area contributed by atoms with Gasteiger partial charge in [-0.15, -0.1) is 118 Å². The van der Waals surface area contributed by atoms with Crippen molar-refractivity contribution >= 4 is 71.4 Å². The van der Waals surface area contributed by atoms with Crippen LogP contribution >= 0.6 is 11.3 Å². The normalized spacial score (nSPS) is 11.7. The predicted octanol–water partition coefficient (Wildman–Crippen LogP) is 27.5. The van der Waals surface area contributed by atoms with Gasteiger partial charge in [0, 0.05) is 149 Å². The molecule has 18 aromatic rings. The number of carbonyl (C=O) groups is 3. The van der Waals surface area contributed by atoms with Gasteiger partial charge in [0.2, 0.25) is 0 Å². The quantitative estimate of drug-likeness (QED) is 0.0487. The van der Waals surface area contributed by atoms with E-state index >= 15 is 0 Å². The summed E-state index contributed by atoms with van der Waals surface area (Å²) in [6.45, 7) is 17.8. The molecule has 2 aliphatic rings. The second kappa shape index (κ2) is 49.9.